The summed E-state index contributed by atoms with van der Waals surface area (Å²) in [6, 6.07) is 0. The molecule has 0 bridgehead atoms. The van der Waals surface area contributed by atoms with Crippen LogP contribution in [-0.4, -0.2) is 77.9 Å². The average molecular weight is 726 g/mol. The summed E-state index contributed by atoms with van der Waals surface area (Å²) in [5.74, 6) is -55.8. The monoisotopic (exact) mass is 726 g/mol. The summed E-state index contributed by atoms with van der Waals surface area (Å²) in [6.45, 7) is 6.64. The maximum Gasteiger partial charge on any atom is 0.460 e. The third-order valence-corrected chi connectivity index (χ3v) is 4.26. The van der Waals surface area contributed by atoms with Crippen LogP contribution < -0.4 is 0 Å². The highest BCUT2D eigenvalue weighted by atomic mass is 127. The van der Waals surface area contributed by atoms with E-state index < -0.39 is 64.6 Å². The molecule has 0 unspecified atom stereocenters. The molecule has 0 aliphatic rings. The van der Waals surface area contributed by atoms with Gasteiger partial charge in [0.1, 0.15) is 0 Å². The predicted molar refractivity (Wildman–Crippen MR) is 98.3 cm³/mol. The minimum atomic E-state index is -8.80. The Morgan fingerprint density at radius 1 is 0.605 bits per heavy atom. The third kappa shape index (κ3) is 7.01. The van der Waals surface area contributed by atoms with Crippen LogP contribution in [-0.2, 0) is 4.79 Å². The average Bonchev–Trinajstić information content (AvgIpc) is 2.71. The highest BCUT2D eigenvalue weighted by Crippen LogP contribution is 2.62. The van der Waals surface area contributed by atoms with Crippen LogP contribution in [0.2, 0.25) is 0 Å². The first-order valence-corrected chi connectivity index (χ1v) is 8.72. The van der Waals surface area contributed by atoms with Crippen molar-refractivity contribution in [3.8, 4) is 0 Å². The molecule has 230 valence electrons. The van der Waals surface area contributed by atoms with E-state index in [1.165, 1.54) is 0 Å². The molecule has 0 rings (SSSR count). The molecule has 0 aliphatic carbocycles. The molecule has 0 aromatic carbocycles. The molecule has 0 radical (unpaired) electrons. The Bertz CT molecular complexity index is 815. The highest BCUT2D eigenvalue weighted by molar-refractivity contribution is 14.0. The van der Waals surface area contributed by atoms with Gasteiger partial charge < -0.3 is 4.90 Å². The van der Waals surface area contributed by atoms with Gasteiger partial charge in [0.05, 0.1) is 0 Å². The SMILES string of the molecule is CCN(C)CC.I.O=C(C(=C(F)F)N(F)F)C(F)(F)C(F)(F)C(F)(F)C(F)(F)C(F)(F)C(F)(F)C(F)(F)F. The van der Waals surface area contributed by atoms with Crippen molar-refractivity contribution in [3.63, 3.8) is 0 Å². The number of alkyl halides is 15. The maximum atomic E-state index is 13.2. The number of nitrogens with zero attached hydrogens (tertiary/aromatic N) is 2. The van der Waals surface area contributed by atoms with Crippen molar-refractivity contribution in [2.24, 2.45) is 0 Å². The van der Waals surface area contributed by atoms with E-state index >= 15 is 0 Å². The molecule has 0 spiro atoms. The molecule has 0 fully saturated rings. The fraction of sp³-hybridized carbons (Fsp3) is 0.800. The molecule has 0 saturated carbocycles. The Balaban J connectivity index is -0.00000155. The standard InChI is InChI=1S/C10F19NO.C5H13N.HI/c11-3(12)1(30(28)29)2(31)4(13,14)5(15,16)6(17,18)7(19,20)8(21,22)9(23,24)10(25,26)27;1-4-6(3)5-2;/h;4-5H2,1-3H3;1H. The highest BCUT2D eigenvalue weighted by Gasteiger charge is 2.94. The molecular formula is C15H14F19IN2O. The number of hydrogen-bond donors (Lipinski definition) is 0. The van der Waals surface area contributed by atoms with Gasteiger partial charge in [0, 0.05) is 0 Å². The van der Waals surface area contributed by atoms with E-state index in [-0.39, 0.29) is 24.0 Å². The number of hydrogen-bond acceptors (Lipinski definition) is 3. The number of allylic oxidation sites excluding steroid dienone is 1. The predicted octanol–water partition coefficient (Wildman–Crippen LogP) is 7.68. The van der Waals surface area contributed by atoms with Crippen LogP contribution in [0.25, 0.3) is 0 Å². The fourth-order valence-electron chi connectivity index (χ4n) is 1.71. The van der Waals surface area contributed by atoms with Crippen LogP contribution >= 0.6 is 24.0 Å². The van der Waals surface area contributed by atoms with E-state index in [1.807, 2.05) is 0 Å². The van der Waals surface area contributed by atoms with Crippen LogP contribution in [0.5, 0.6) is 0 Å². The zero-order chi connectivity index (χ0) is 30.8. The Kier molecular flexibility index (Phi) is 13.9. The summed E-state index contributed by atoms with van der Waals surface area (Å²) < 4.78 is 240. The number of ketones is 1. The summed E-state index contributed by atoms with van der Waals surface area (Å²) in [6.07, 6.45) is -12.2. The quantitative estimate of drug-likeness (QED) is 0.1000. The van der Waals surface area contributed by atoms with E-state index in [0.29, 0.717) is 0 Å². The number of halogens is 20. The van der Waals surface area contributed by atoms with Crippen molar-refractivity contribution in [3.05, 3.63) is 11.8 Å². The lowest BCUT2D eigenvalue weighted by atomic mass is 9.89. The largest absolute Gasteiger partial charge is 0.460 e. The summed E-state index contributed by atoms with van der Waals surface area (Å²) in [7, 11) is 2.11. The van der Waals surface area contributed by atoms with Crippen molar-refractivity contribution in [1.29, 1.82) is 0 Å². The van der Waals surface area contributed by atoms with Crippen LogP contribution in [0.15, 0.2) is 11.8 Å². The van der Waals surface area contributed by atoms with Gasteiger partial charge in [0.2, 0.25) is 5.70 Å². The summed E-state index contributed by atoms with van der Waals surface area (Å²) in [5, 5.41) is -3.43. The molecule has 0 aromatic rings. The van der Waals surface area contributed by atoms with Crippen LogP contribution in [0, 0.1) is 0 Å². The van der Waals surface area contributed by atoms with Gasteiger partial charge in [-0.05, 0) is 25.5 Å². The van der Waals surface area contributed by atoms with Gasteiger partial charge in [-0.2, -0.15) is 74.6 Å². The fourth-order valence-corrected chi connectivity index (χ4v) is 1.71. The van der Waals surface area contributed by atoms with Crippen LogP contribution in [0.3, 0.4) is 0 Å². The van der Waals surface area contributed by atoms with E-state index in [1.54, 1.807) is 0 Å². The van der Waals surface area contributed by atoms with E-state index in [4.69, 9.17) is 0 Å². The van der Waals surface area contributed by atoms with Gasteiger partial charge in [-0.1, -0.05) is 22.8 Å². The van der Waals surface area contributed by atoms with Gasteiger partial charge in [-0.15, -0.1) is 24.0 Å². The van der Waals surface area contributed by atoms with Crippen molar-refractivity contribution >= 4 is 29.8 Å². The first-order chi connectivity index (χ1) is 16.0. The first-order valence-electron chi connectivity index (χ1n) is 8.72. The van der Waals surface area contributed by atoms with E-state index in [0.717, 1.165) is 13.1 Å². The van der Waals surface area contributed by atoms with Crippen molar-refractivity contribution in [2.75, 3.05) is 20.1 Å². The van der Waals surface area contributed by atoms with Crippen molar-refractivity contribution in [1.82, 2.24) is 10.2 Å². The second-order valence-electron chi connectivity index (χ2n) is 6.60. The normalized spacial score (nSPS) is 13.9. The smallest absolute Gasteiger partial charge is 0.307 e. The lowest BCUT2D eigenvalue weighted by Gasteiger charge is -2.41. The van der Waals surface area contributed by atoms with Crippen molar-refractivity contribution in [2.45, 2.75) is 55.6 Å². The zero-order valence-electron chi connectivity index (χ0n) is 18.3. The lowest BCUT2D eigenvalue weighted by molar-refractivity contribution is -0.449. The number of carbonyl (C=O) groups is 1. The Hall–Kier alpha value is -1.43. The van der Waals surface area contributed by atoms with Crippen molar-refractivity contribution < 1.29 is 88.4 Å². The van der Waals surface area contributed by atoms with Crippen LogP contribution in [0.4, 0.5) is 83.6 Å². The van der Waals surface area contributed by atoms with Gasteiger partial charge in [-0.25, -0.2) is 0 Å². The molecule has 3 nitrogen and oxygen atoms in total. The summed E-state index contributed by atoms with van der Waals surface area (Å²) >= 11 is 0. The van der Waals surface area contributed by atoms with Crippen LogP contribution in [0.1, 0.15) is 13.8 Å². The van der Waals surface area contributed by atoms with E-state index in [9.17, 15) is 88.4 Å². The molecule has 0 atom stereocenters. The molecule has 0 saturated heterocycles. The Morgan fingerprint density at radius 2 is 0.895 bits per heavy atom. The van der Waals surface area contributed by atoms with Gasteiger partial charge in [0.25, 0.3) is 5.78 Å². The number of Topliss-reactive ketones (excluding diaryl/α,β-unsaturated/α-hetero) is 1. The second-order valence-corrected chi connectivity index (χ2v) is 6.60. The molecule has 23 heteroatoms. The third-order valence-electron chi connectivity index (χ3n) is 4.26. The molecule has 0 aromatic heterocycles. The first kappa shape index (κ1) is 41.1. The van der Waals surface area contributed by atoms with Gasteiger partial charge in [0.15, 0.2) is 0 Å². The number of rotatable bonds is 10. The molecule has 0 amide bonds. The Morgan fingerprint density at radius 3 is 1.11 bits per heavy atom. The second kappa shape index (κ2) is 12.8. The molecular weight excluding hydrogens is 712 g/mol. The minimum Gasteiger partial charge on any atom is -0.307 e. The molecule has 38 heavy (non-hydrogen) atoms. The maximum absolute atomic E-state index is 13.2. The number of carbonyl (C=O) groups excluding carboxylic acids is 1. The Labute approximate surface area is 216 Å². The summed E-state index contributed by atoms with van der Waals surface area (Å²) in [4.78, 5) is 12.9. The lowest BCUT2D eigenvalue weighted by Crippen LogP contribution is -2.73. The topological polar surface area (TPSA) is 23.6 Å². The van der Waals surface area contributed by atoms with E-state index in [2.05, 4.69) is 25.8 Å². The van der Waals surface area contributed by atoms with Gasteiger partial charge in [-0.3, -0.25) is 4.79 Å². The molecule has 0 aliphatic heterocycles. The summed E-state index contributed by atoms with van der Waals surface area (Å²) in [5.41, 5.74) is -4.16. The molecule has 0 heterocycles. The minimum absolute atomic E-state index is 0. The zero-order valence-corrected chi connectivity index (χ0v) is 20.6. The van der Waals surface area contributed by atoms with Gasteiger partial charge >= 0.3 is 47.8 Å². The molecule has 0 N–H and O–H groups in total.